The monoisotopic (exact) mass is 1810 g/mol. The summed E-state index contributed by atoms with van der Waals surface area (Å²) >= 11 is 14.4. The van der Waals surface area contributed by atoms with Crippen LogP contribution in [-0.2, 0) is 57.4 Å². The topological polar surface area (TPSA) is 572 Å². The summed E-state index contributed by atoms with van der Waals surface area (Å²) in [5.41, 5.74) is 2.48. The average molecular weight is 1810 g/mol. The molecular weight excluding hydrogens is 1710 g/mol. The van der Waals surface area contributed by atoms with Crippen molar-refractivity contribution in [2.75, 3.05) is 26.7 Å². The number of phenols is 3. The molecule has 0 aromatic heterocycles. The number of rotatable bonds is 24. The number of unbranched alkanes of at least 4 members (excludes halogenated alkanes) is 1. The summed E-state index contributed by atoms with van der Waals surface area (Å²) in [5, 5.41) is 132. The Kier molecular flexibility index (Phi) is 30.3. The van der Waals surface area contributed by atoms with Crippen LogP contribution in [0.1, 0.15) is 157 Å². The predicted molar refractivity (Wildman–Crippen MR) is 455 cm³/mol. The minimum absolute atomic E-state index is 0.0105. The van der Waals surface area contributed by atoms with Gasteiger partial charge in [-0.3, -0.25) is 52.7 Å². The molecule has 7 aromatic rings. The second-order valence-electron chi connectivity index (χ2n) is 32.1. The third kappa shape index (κ3) is 21.6. The number of aliphatic hydroxyl groups excluding tert-OH is 6. The van der Waals surface area contributed by atoms with Crippen LogP contribution in [0.25, 0.3) is 11.1 Å². The number of ketones is 1. The molecule has 0 spiro atoms. The number of fused-ring (bicyclic) bond motifs is 15. The Hall–Kier alpha value is -12.6. The van der Waals surface area contributed by atoms with E-state index in [1.807, 2.05) is 13.8 Å². The molecule has 10 amide bonds. The van der Waals surface area contributed by atoms with Gasteiger partial charge >= 0.3 is 0 Å². The Morgan fingerprint density at radius 1 is 0.664 bits per heavy atom. The van der Waals surface area contributed by atoms with Gasteiger partial charge in [-0.15, -0.1) is 12.3 Å². The van der Waals surface area contributed by atoms with Crippen LogP contribution in [-0.4, -0.2) is 216 Å². The Morgan fingerprint density at radius 3 is 1.91 bits per heavy atom. The second kappa shape index (κ2) is 41.0. The van der Waals surface area contributed by atoms with Gasteiger partial charge in [0.15, 0.2) is 29.7 Å². The Morgan fingerprint density at radius 2 is 1.28 bits per heavy atom. The maximum atomic E-state index is 16.4. The third-order valence-electron chi connectivity index (χ3n) is 22.3. The molecule has 11 bridgehead atoms. The molecule has 128 heavy (non-hydrogen) atoms. The van der Waals surface area contributed by atoms with E-state index < -0.39 is 254 Å². The van der Waals surface area contributed by atoms with Crippen LogP contribution in [0.2, 0.25) is 10.0 Å². The molecule has 2 fully saturated rings. The van der Waals surface area contributed by atoms with Gasteiger partial charge in [0.25, 0.3) is 5.91 Å². The molecule has 678 valence electrons. The molecule has 39 heteroatoms. The quantitative estimate of drug-likeness (QED) is 0.0235. The first-order chi connectivity index (χ1) is 61.0. The van der Waals surface area contributed by atoms with E-state index in [4.69, 9.17) is 63.8 Å². The number of hydrogen-bond acceptors (Lipinski definition) is 27. The van der Waals surface area contributed by atoms with Crippen molar-refractivity contribution >= 4 is 88.1 Å². The number of benzene rings is 7. The van der Waals surface area contributed by atoms with Gasteiger partial charge in [0.2, 0.25) is 65.2 Å². The van der Waals surface area contributed by atoms with E-state index in [-0.39, 0.29) is 91.3 Å². The lowest BCUT2D eigenvalue weighted by molar-refractivity contribution is -0.334. The highest BCUT2D eigenvalue weighted by atomic mass is 35.5. The van der Waals surface area contributed by atoms with Gasteiger partial charge in [-0.2, -0.15) is 0 Å². The van der Waals surface area contributed by atoms with Crippen LogP contribution in [0.3, 0.4) is 0 Å². The van der Waals surface area contributed by atoms with Gasteiger partial charge in [-0.25, -0.2) is 0 Å². The summed E-state index contributed by atoms with van der Waals surface area (Å²) in [6.45, 7) is 5.23. The number of terminal acetylenes is 1. The number of primary amides is 1. The van der Waals surface area contributed by atoms with Crippen molar-refractivity contribution in [1.82, 2.24) is 53.2 Å². The fraction of sp³-hybridized carbons (Fsp3) is 0.382. The highest BCUT2D eigenvalue weighted by Crippen LogP contribution is 2.50. The van der Waals surface area contributed by atoms with Crippen molar-refractivity contribution in [2.24, 2.45) is 11.7 Å². The van der Waals surface area contributed by atoms with Crippen molar-refractivity contribution in [1.29, 1.82) is 0 Å². The number of ether oxygens (including phenoxy) is 6. The molecule has 7 heterocycles. The van der Waals surface area contributed by atoms with Crippen LogP contribution in [0.4, 0.5) is 0 Å². The number of hydrogen-bond donors (Lipinski definition) is 20. The predicted octanol–water partition coefficient (Wildman–Crippen LogP) is 3.15. The normalized spacial score (nSPS) is 25.4. The van der Waals surface area contributed by atoms with Crippen molar-refractivity contribution in [3.63, 3.8) is 0 Å². The van der Waals surface area contributed by atoms with E-state index in [1.54, 1.807) is 30.3 Å². The first-order valence-corrected chi connectivity index (χ1v) is 41.7. The molecule has 2 saturated heterocycles. The summed E-state index contributed by atoms with van der Waals surface area (Å²) in [6.07, 6.45) is -13.8. The Bertz CT molecular complexity index is 5430. The van der Waals surface area contributed by atoms with Crippen LogP contribution in [0, 0.1) is 18.3 Å². The zero-order valence-electron chi connectivity index (χ0n) is 69.5. The Balaban J connectivity index is 0.999. The van der Waals surface area contributed by atoms with Gasteiger partial charge in [0.1, 0.15) is 102 Å². The summed E-state index contributed by atoms with van der Waals surface area (Å²) in [7, 11) is 1.47. The van der Waals surface area contributed by atoms with Crippen molar-refractivity contribution in [2.45, 2.75) is 182 Å². The molecule has 0 saturated carbocycles. The highest BCUT2D eigenvalue weighted by molar-refractivity contribution is 6.32. The first kappa shape index (κ1) is 94.6. The molecule has 0 radical (unpaired) electrons. The van der Waals surface area contributed by atoms with Crippen LogP contribution >= 0.6 is 23.2 Å². The largest absolute Gasteiger partial charge is 0.508 e. The number of carbonyl (C=O) groups excluding carboxylic acids is 11. The smallest absolute Gasteiger partial charge is 0.251 e. The van der Waals surface area contributed by atoms with Gasteiger partial charge in [-0.05, 0) is 141 Å². The van der Waals surface area contributed by atoms with E-state index in [1.165, 1.54) is 57.3 Å². The standard InChI is InChI=1S/C89H97Cl2N11O26/c1-7-8-10-16-64(108)102-89(5)38-65(123-41(4)79(89)114)127-78-76(113)75(112)62(39-103)126-88(78)128-77-60-33-48-34-61(77)125-59-26-23-47(32-53(59)91)74(111)71-87(122)99-69(83(118)95-28-13-27-94-80(115)44-19-17-43(18-20-44)72(109)42-14-11-9-12-15-42)51-35-49(104)36-57(106)66(51)50-30-45(21-24-56(50)105)67(84(119)101-71)98-85(120)68(48)97-82(117)55(37-63(92)107)96-86(121)70(100-81(116)54(93-6)29-40(2)3)73(110)46-22-25-58(124-60)52(90)31-46/h1,9,11-12,14-15,17-26,30-36,40-41,54-55,62,65,67-71,73-76,78-79,88,93,103-106,110-114H,8,10,13,16,27-29,37-39H2,2-6H3,(H2,92,107)(H,94,115)(H,95,118)(H,96,121)(H,97,117)(H,98,120)(H,99,122)(H,100,116)(H,101,119)(H,102,108)/t41-,54+,55-,62+,65-,67+,68+,69-,70+,71-,73+,74+,75+,76-,78+,79+,88-,89-/m0/s1. The minimum Gasteiger partial charge on any atom is -0.508 e. The number of aliphatic hydroxyl groups is 6. The fourth-order valence-electron chi connectivity index (χ4n) is 15.6. The number of carbonyl (C=O) groups is 11. The highest BCUT2D eigenvalue weighted by Gasteiger charge is 2.53. The number of phenolic OH excluding ortho intramolecular Hbond substituents is 3. The van der Waals surface area contributed by atoms with E-state index in [2.05, 4.69) is 59.1 Å². The third-order valence-corrected chi connectivity index (χ3v) is 22.9. The van der Waals surface area contributed by atoms with Gasteiger partial charge in [0.05, 0.1) is 40.8 Å². The van der Waals surface area contributed by atoms with Crippen molar-refractivity contribution in [3.8, 4) is 69.5 Å². The lowest BCUT2D eigenvalue weighted by Gasteiger charge is -2.48. The average Bonchev–Trinajstić information content (AvgIpc) is 0.765. The summed E-state index contributed by atoms with van der Waals surface area (Å²) in [4.78, 5) is 161. The maximum absolute atomic E-state index is 16.4. The first-order valence-electron chi connectivity index (χ1n) is 40.9. The van der Waals surface area contributed by atoms with E-state index in [0.717, 1.165) is 66.7 Å². The molecule has 0 unspecified atom stereocenters. The van der Waals surface area contributed by atoms with Gasteiger partial charge < -0.3 is 133 Å². The molecule has 0 aliphatic carbocycles. The number of nitrogens with one attached hydrogen (secondary N) is 10. The lowest BCUT2D eigenvalue weighted by atomic mass is 9.84. The minimum atomic E-state index is -2.40. The van der Waals surface area contributed by atoms with Crippen LogP contribution in [0.5, 0.6) is 46.0 Å². The summed E-state index contributed by atoms with van der Waals surface area (Å²) < 4.78 is 39.1. The number of aromatic hydroxyl groups is 3. The lowest BCUT2D eigenvalue weighted by Crippen LogP contribution is -2.66. The zero-order valence-corrected chi connectivity index (χ0v) is 71.1. The number of halogens is 2. The van der Waals surface area contributed by atoms with Crippen molar-refractivity contribution in [3.05, 3.63) is 188 Å². The van der Waals surface area contributed by atoms with E-state index in [0.29, 0.717) is 11.1 Å². The number of nitrogens with two attached hydrogens (primary N) is 1. The molecule has 7 aromatic carbocycles. The number of amides is 10. The molecule has 37 nitrogen and oxygen atoms in total. The summed E-state index contributed by atoms with van der Waals surface area (Å²) in [6, 6.07) is 13.8. The zero-order chi connectivity index (χ0) is 92.4. The molecule has 7 aliphatic rings. The maximum Gasteiger partial charge on any atom is 0.251 e. The fourth-order valence-corrected chi connectivity index (χ4v) is 16.0. The van der Waals surface area contributed by atoms with Crippen LogP contribution < -0.4 is 73.1 Å². The Labute approximate surface area is 742 Å². The molecule has 7 aliphatic heterocycles. The molecular formula is C89H97Cl2N11O26. The van der Waals surface area contributed by atoms with Gasteiger partial charge in [-0.1, -0.05) is 97.7 Å². The molecule has 18 atom stereocenters. The van der Waals surface area contributed by atoms with E-state index in [9.17, 15) is 69.9 Å². The molecule has 21 N–H and O–H groups in total. The SMILES string of the molecule is C#CCCCC(=O)N[C@@]1(C)C[C@H](O[C@H]2[C@H](Oc3c4cc5cc3Oc3ccc(cc3Cl)[C@@H](O)[C@@H](NC(=O)[C@@H](CC(C)C)NC)C(=O)N[C@@H](CC(N)=O)C(=O)N[C@H]5C(=O)N[C@H]3C(=O)N[C@H](C(=O)N[C@H](C(=O)NCCCNC(=O)c5ccc(C(=O)c6ccccc6)cc5)c5cc(O)cc(O)c5-c5cc3ccc5O)[C@H](O)c3ccc(c(Cl)c3)O4)O[C@H](CO)[C@@H](O)[C@@H]2O)O[C@@H](C)[C@H]1O. The van der Waals surface area contributed by atoms with Crippen LogP contribution in [0.15, 0.2) is 133 Å². The molecule has 14 rings (SSSR count). The summed E-state index contributed by atoms with van der Waals surface area (Å²) in [5.74, 6) is -14.4. The van der Waals surface area contributed by atoms with Crippen molar-refractivity contribution < 1.29 is 127 Å². The van der Waals surface area contributed by atoms with E-state index >= 15 is 28.8 Å². The second-order valence-corrected chi connectivity index (χ2v) is 32.9. The van der Waals surface area contributed by atoms with Gasteiger partial charge in [0, 0.05) is 66.2 Å². The number of likely N-dealkylation sites (N-methyl/N-ethyl adjacent to an activating group) is 1.